The maximum atomic E-state index is 12.9. The highest BCUT2D eigenvalue weighted by Gasteiger charge is 2.25. The normalized spacial score (nSPS) is 11.7. The van der Waals surface area contributed by atoms with E-state index in [0.717, 1.165) is 17.5 Å². The molecule has 1 unspecified atom stereocenters. The number of nitrogens with zero attached hydrogens (tertiary/aromatic N) is 1. The first-order valence-corrected chi connectivity index (χ1v) is 9.59. The van der Waals surface area contributed by atoms with E-state index in [-0.39, 0.29) is 11.8 Å². The molecule has 1 N–H and O–H groups in total. The second-order valence-corrected chi connectivity index (χ2v) is 6.97. The predicted molar refractivity (Wildman–Crippen MR) is 109 cm³/mol. The summed E-state index contributed by atoms with van der Waals surface area (Å²) >= 11 is 0. The lowest BCUT2D eigenvalue weighted by Gasteiger charge is -2.28. The van der Waals surface area contributed by atoms with E-state index < -0.39 is 6.04 Å². The minimum absolute atomic E-state index is 0.00811. The second-order valence-electron chi connectivity index (χ2n) is 6.97. The minimum atomic E-state index is -0.508. The van der Waals surface area contributed by atoms with Crippen molar-refractivity contribution < 1.29 is 9.59 Å². The van der Waals surface area contributed by atoms with Gasteiger partial charge in [0, 0.05) is 20.0 Å². The summed E-state index contributed by atoms with van der Waals surface area (Å²) in [4.78, 5) is 26.7. The Bertz CT molecular complexity index is 751. The quantitative estimate of drug-likeness (QED) is 0.775. The van der Waals surface area contributed by atoms with Crippen LogP contribution in [0.25, 0.3) is 0 Å². The van der Waals surface area contributed by atoms with Crippen molar-refractivity contribution in [3.8, 4) is 0 Å². The lowest BCUT2D eigenvalue weighted by Crippen LogP contribution is -2.46. The van der Waals surface area contributed by atoms with Crippen LogP contribution >= 0.6 is 0 Å². The Labute approximate surface area is 162 Å². The smallest absolute Gasteiger partial charge is 0.242 e. The van der Waals surface area contributed by atoms with Gasteiger partial charge in [0.2, 0.25) is 11.8 Å². The van der Waals surface area contributed by atoms with Gasteiger partial charge in [-0.05, 0) is 43.4 Å². The summed E-state index contributed by atoms with van der Waals surface area (Å²) < 4.78 is 0. The van der Waals surface area contributed by atoms with Crippen molar-refractivity contribution in [1.82, 2.24) is 10.2 Å². The van der Waals surface area contributed by atoms with Gasteiger partial charge in [0.05, 0.1) is 0 Å². The van der Waals surface area contributed by atoms with Crippen LogP contribution in [0.15, 0.2) is 48.5 Å². The van der Waals surface area contributed by atoms with Gasteiger partial charge in [0.1, 0.15) is 6.04 Å². The maximum Gasteiger partial charge on any atom is 0.242 e. The van der Waals surface area contributed by atoms with Crippen LogP contribution in [0.2, 0.25) is 0 Å². The third-order valence-corrected chi connectivity index (χ3v) is 4.95. The van der Waals surface area contributed by atoms with Gasteiger partial charge in [0.15, 0.2) is 0 Å². The van der Waals surface area contributed by atoms with Crippen LogP contribution in [0.1, 0.15) is 42.5 Å². The lowest BCUT2D eigenvalue weighted by molar-refractivity contribution is -0.140. The summed E-state index contributed by atoms with van der Waals surface area (Å²) in [6.45, 7) is 6.37. The number of rotatable bonds is 8. The Hall–Kier alpha value is -2.62. The first-order chi connectivity index (χ1) is 12.9. The molecular weight excluding hydrogens is 336 g/mol. The Balaban J connectivity index is 2.09. The molecule has 2 aromatic rings. The standard InChI is InChI=1S/C23H30N2O2/c1-5-19-10-12-20(13-11-19)14-15-22(26)25(18(3)23(27)24-4)16-21-8-6-17(2)7-9-21/h6-13,18H,5,14-16H2,1-4H3,(H,24,27). The van der Waals surface area contributed by atoms with E-state index in [0.29, 0.717) is 19.4 Å². The number of likely N-dealkylation sites (N-methyl/N-ethyl adjacent to an activating group) is 1. The molecule has 2 aromatic carbocycles. The third-order valence-electron chi connectivity index (χ3n) is 4.95. The molecule has 2 rings (SSSR count). The molecule has 0 aromatic heterocycles. The maximum absolute atomic E-state index is 12.9. The number of nitrogens with one attached hydrogen (secondary N) is 1. The fourth-order valence-corrected chi connectivity index (χ4v) is 3.02. The number of hydrogen-bond donors (Lipinski definition) is 1. The van der Waals surface area contributed by atoms with Crippen LogP contribution in [-0.4, -0.2) is 29.8 Å². The van der Waals surface area contributed by atoms with Gasteiger partial charge in [-0.2, -0.15) is 0 Å². The molecule has 0 fully saturated rings. The monoisotopic (exact) mass is 366 g/mol. The molecular formula is C23H30N2O2. The first kappa shape index (κ1) is 20.7. The van der Waals surface area contributed by atoms with Crippen molar-refractivity contribution in [3.05, 3.63) is 70.8 Å². The van der Waals surface area contributed by atoms with Crippen molar-refractivity contribution >= 4 is 11.8 Å². The SMILES string of the molecule is CCc1ccc(CCC(=O)N(Cc2ccc(C)cc2)C(C)C(=O)NC)cc1. The predicted octanol–water partition coefficient (Wildman–Crippen LogP) is 3.65. The highest BCUT2D eigenvalue weighted by Crippen LogP contribution is 2.14. The molecule has 0 bridgehead atoms. The van der Waals surface area contributed by atoms with Gasteiger partial charge in [-0.1, -0.05) is 61.0 Å². The largest absolute Gasteiger partial charge is 0.357 e. The zero-order valence-corrected chi connectivity index (χ0v) is 16.8. The number of aryl methyl sites for hydroxylation is 3. The molecule has 0 aliphatic heterocycles. The van der Waals surface area contributed by atoms with E-state index in [1.807, 2.05) is 31.2 Å². The van der Waals surface area contributed by atoms with Gasteiger partial charge < -0.3 is 10.2 Å². The van der Waals surface area contributed by atoms with E-state index in [1.165, 1.54) is 11.1 Å². The Morgan fingerprint density at radius 1 is 0.963 bits per heavy atom. The average molecular weight is 367 g/mol. The van der Waals surface area contributed by atoms with Crippen LogP contribution in [0, 0.1) is 6.92 Å². The summed E-state index contributed by atoms with van der Waals surface area (Å²) in [5.74, 6) is -0.158. The van der Waals surface area contributed by atoms with E-state index >= 15 is 0 Å². The molecule has 1 atom stereocenters. The number of carbonyl (C=O) groups is 2. The van der Waals surface area contributed by atoms with Crippen LogP contribution < -0.4 is 5.32 Å². The third kappa shape index (κ3) is 5.95. The van der Waals surface area contributed by atoms with E-state index in [4.69, 9.17) is 0 Å². The molecule has 0 aliphatic carbocycles. The Morgan fingerprint density at radius 2 is 1.52 bits per heavy atom. The highest BCUT2D eigenvalue weighted by molar-refractivity contribution is 5.87. The van der Waals surface area contributed by atoms with E-state index in [9.17, 15) is 9.59 Å². The van der Waals surface area contributed by atoms with Crippen LogP contribution in [0.3, 0.4) is 0 Å². The molecule has 0 saturated carbocycles. The van der Waals surface area contributed by atoms with Crippen molar-refractivity contribution in [2.24, 2.45) is 0 Å². The van der Waals surface area contributed by atoms with Gasteiger partial charge >= 0.3 is 0 Å². The average Bonchev–Trinajstić information content (AvgIpc) is 2.70. The molecule has 4 nitrogen and oxygen atoms in total. The summed E-state index contributed by atoms with van der Waals surface area (Å²) in [6.07, 6.45) is 2.07. The topological polar surface area (TPSA) is 49.4 Å². The van der Waals surface area contributed by atoms with Crippen molar-refractivity contribution in [2.45, 2.75) is 52.6 Å². The number of benzene rings is 2. The molecule has 2 amide bonds. The second kappa shape index (κ2) is 9.91. The van der Waals surface area contributed by atoms with Gasteiger partial charge in [-0.15, -0.1) is 0 Å². The minimum Gasteiger partial charge on any atom is -0.357 e. The number of amides is 2. The summed E-state index contributed by atoms with van der Waals surface area (Å²) in [5.41, 5.74) is 4.63. The summed E-state index contributed by atoms with van der Waals surface area (Å²) in [6, 6.07) is 15.9. The Kier molecular flexibility index (Phi) is 7.59. The molecule has 0 saturated heterocycles. The lowest BCUT2D eigenvalue weighted by atomic mass is 10.0. The molecule has 144 valence electrons. The molecule has 4 heteroatoms. The van der Waals surface area contributed by atoms with Gasteiger partial charge in [-0.3, -0.25) is 9.59 Å². The Morgan fingerprint density at radius 3 is 2.07 bits per heavy atom. The summed E-state index contributed by atoms with van der Waals surface area (Å²) in [5, 5.41) is 2.65. The van der Waals surface area contributed by atoms with Crippen LogP contribution in [0.5, 0.6) is 0 Å². The number of hydrogen-bond acceptors (Lipinski definition) is 2. The van der Waals surface area contributed by atoms with Gasteiger partial charge in [0.25, 0.3) is 0 Å². The van der Waals surface area contributed by atoms with E-state index in [2.05, 4.69) is 36.5 Å². The van der Waals surface area contributed by atoms with Crippen LogP contribution in [-0.2, 0) is 29.0 Å². The molecule has 27 heavy (non-hydrogen) atoms. The molecule has 0 radical (unpaired) electrons. The van der Waals surface area contributed by atoms with Crippen molar-refractivity contribution in [2.75, 3.05) is 7.05 Å². The molecule has 0 heterocycles. The fourth-order valence-electron chi connectivity index (χ4n) is 3.02. The van der Waals surface area contributed by atoms with Gasteiger partial charge in [-0.25, -0.2) is 0 Å². The zero-order valence-electron chi connectivity index (χ0n) is 16.8. The van der Waals surface area contributed by atoms with Crippen molar-refractivity contribution in [3.63, 3.8) is 0 Å². The van der Waals surface area contributed by atoms with E-state index in [1.54, 1.807) is 18.9 Å². The van der Waals surface area contributed by atoms with Crippen molar-refractivity contribution in [1.29, 1.82) is 0 Å². The molecule has 0 spiro atoms. The fraction of sp³-hybridized carbons (Fsp3) is 0.391. The zero-order chi connectivity index (χ0) is 19.8. The first-order valence-electron chi connectivity index (χ1n) is 9.59. The highest BCUT2D eigenvalue weighted by atomic mass is 16.2. The molecule has 0 aliphatic rings. The summed E-state index contributed by atoms with van der Waals surface area (Å²) in [7, 11) is 1.60. The number of carbonyl (C=O) groups excluding carboxylic acids is 2. The van der Waals surface area contributed by atoms with Crippen LogP contribution in [0.4, 0.5) is 0 Å².